The van der Waals surface area contributed by atoms with Crippen molar-refractivity contribution in [3.63, 3.8) is 0 Å². The maximum Gasteiger partial charge on any atom is 0.253 e. The summed E-state index contributed by atoms with van der Waals surface area (Å²) in [6.07, 6.45) is 3.01. The van der Waals surface area contributed by atoms with E-state index in [-0.39, 0.29) is 6.04 Å². The average molecular weight is 542 g/mol. The number of nitrogens with zero attached hydrogens (tertiary/aromatic N) is 2. The van der Waals surface area contributed by atoms with Gasteiger partial charge >= 0.3 is 0 Å². The summed E-state index contributed by atoms with van der Waals surface area (Å²) in [7, 11) is 0. The lowest BCUT2D eigenvalue weighted by Gasteiger charge is -2.36. The van der Waals surface area contributed by atoms with Gasteiger partial charge in [0.1, 0.15) is 12.3 Å². The number of rotatable bonds is 10. The van der Waals surface area contributed by atoms with Crippen LogP contribution in [0.15, 0.2) is 109 Å². The van der Waals surface area contributed by atoms with Crippen LogP contribution in [0, 0.1) is 0 Å². The lowest BCUT2D eigenvalue weighted by molar-refractivity contribution is 0.0985. The summed E-state index contributed by atoms with van der Waals surface area (Å²) in [4.78, 5) is 20.4. The number of para-hydroxylation sites is 1. The van der Waals surface area contributed by atoms with Crippen molar-refractivity contribution >= 4 is 16.8 Å². The number of hydrogen-bond donors (Lipinski definition) is 1. The summed E-state index contributed by atoms with van der Waals surface area (Å²) in [5.41, 5.74) is 12.8. The number of ether oxygens (including phenoxy) is 1. The molecule has 0 saturated heterocycles. The smallest absolute Gasteiger partial charge is 0.253 e. The van der Waals surface area contributed by atoms with Crippen LogP contribution in [-0.2, 0) is 12.8 Å². The number of amides is 1. The fourth-order valence-corrected chi connectivity index (χ4v) is 6.32. The molecule has 206 valence electrons. The van der Waals surface area contributed by atoms with Gasteiger partial charge in [0.25, 0.3) is 5.91 Å². The fraction of sp³-hybridized carbons (Fsp3) is 0.222. The van der Waals surface area contributed by atoms with Crippen LogP contribution in [-0.4, -0.2) is 35.0 Å². The summed E-state index contributed by atoms with van der Waals surface area (Å²) in [5, 5.41) is 0.702. The van der Waals surface area contributed by atoms with E-state index >= 15 is 0 Å². The van der Waals surface area contributed by atoms with E-state index in [9.17, 15) is 4.79 Å². The number of primary amides is 1. The van der Waals surface area contributed by atoms with Crippen molar-refractivity contribution in [2.75, 3.05) is 13.2 Å². The second-order valence-electron chi connectivity index (χ2n) is 10.7. The minimum atomic E-state index is -0.519. The zero-order chi connectivity index (χ0) is 28.2. The van der Waals surface area contributed by atoms with Crippen LogP contribution in [0.3, 0.4) is 0 Å². The number of aromatic nitrogens is 1. The first-order valence-electron chi connectivity index (χ1n) is 14.4. The Kier molecular flexibility index (Phi) is 7.79. The van der Waals surface area contributed by atoms with E-state index in [2.05, 4.69) is 66.4 Å². The van der Waals surface area contributed by atoms with Crippen LogP contribution >= 0.6 is 0 Å². The zero-order valence-electron chi connectivity index (χ0n) is 23.4. The van der Waals surface area contributed by atoms with Crippen LogP contribution in [0.25, 0.3) is 22.2 Å². The molecule has 0 aliphatic heterocycles. The third kappa shape index (κ3) is 5.46. The normalized spacial score (nSPS) is 13.8. The number of benzene rings is 4. The molecule has 1 aromatic heterocycles. The van der Waals surface area contributed by atoms with Crippen molar-refractivity contribution < 1.29 is 9.53 Å². The molecule has 2 N–H and O–H groups in total. The molecule has 41 heavy (non-hydrogen) atoms. The average Bonchev–Trinajstić information content (AvgIpc) is 3.45. The molecule has 0 fully saturated rings. The Balaban J connectivity index is 1.35. The van der Waals surface area contributed by atoms with E-state index in [1.807, 2.05) is 54.6 Å². The first kappa shape index (κ1) is 26.7. The van der Waals surface area contributed by atoms with Gasteiger partial charge in [-0.05, 0) is 42.0 Å². The number of hydrogen-bond acceptors (Lipinski definition) is 4. The monoisotopic (exact) mass is 541 g/mol. The Labute approximate surface area is 241 Å². The highest BCUT2D eigenvalue weighted by Gasteiger charge is 2.32. The molecular weight excluding hydrogens is 506 g/mol. The predicted molar refractivity (Wildman–Crippen MR) is 165 cm³/mol. The molecule has 4 aromatic carbocycles. The van der Waals surface area contributed by atoms with Crippen LogP contribution in [0.1, 0.15) is 46.4 Å². The van der Waals surface area contributed by atoms with E-state index < -0.39 is 5.91 Å². The third-order valence-corrected chi connectivity index (χ3v) is 8.21. The predicted octanol–water partition coefficient (Wildman–Crippen LogP) is 7.00. The van der Waals surface area contributed by atoms with E-state index in [0.717, 1.165) is 24.8 Å². The van der Waals surface area contributed by atoms with Gasteiger partial charge in [0.15, 0.2) is 5.75 Å². The zero-order valence-corrected chi connectivity index (χ0v) is 23.4. The van der Waals surface area contributed by atoms with Crippen LogP contribution in [0.4, 0.5) is 0 Å². The summed E-state index contributed by atoms with van der Waals surface area (Å²) < 4.78 is 6.58. The molecule has 1 atom stereocenters. The number of nitrogens with two attached hydrogens (primary N) is 1. The molecule has 5 heteroatoms. The topological polar surface area (TPSA) is 68.4 Å². The number of carbonyl (C=O) groups excluding carboxylic acids is 1. The maximum absolute atomic E-state index is 12.9. The highest BCUT2D eigenvalue weighted by molar-refractivity contribution is 6.09. The molecule has 0 saturated carbocycles. The van der Waals surface area contributed by atoms with Crippen molar-refractivity contribution in [2.45, 2.75) is 38.3 Å². The van der Waals surface area contributed by atoms with Crippen molar-refractivity contribution in [3.8, 4) is 17.0 Å². The van der Waals surface area contributed by atoms with E-state index in [1.165, 1.54) is 16.7 Å². The number of pyridine rings is 1. The van der Waals surface area contributed by atoms with E-state index in [1.54, 1.807) is 0 Å². The maximum atomic E-state index is 12.9. The lowest BCUT2D eigenvalue weighted by Crippen LogP contribution is -2.41. The molecular formula is C36H35N3O2. The Hall–Kier alpha value is -4.48. The molecule has 1 amide bonds. The molecule has 0 radical (unpaired) electrons. The quantitative estimate of drug-likeness (QED) is 0.207. The van der Waals surface area contributed by atoms with Gasteiger partial charge in [-0.1, -0.05) is 110 Å². The van der Waals surface area contributed by atoms with Crippen molar-refractivity contribution in [1.82, 2.24) is 9.88 Å². The molecule has 0 unspecified atom stereocenters. The lowest BCUT2D eigenvalue weighted by atomic mass is 9.99. The largest absolute Gasteiger partial charge is 0.489 e. The van der Waals surface area contributed by atoms with Gasteiger partial charge in [-0.15, -0.1) is 0 Å². The highest BCUT2D eigenvalue weighted by atomic mass is 16.5. The summed E-state index contributed by atoms with van der Waals surface area (Å²) >= 11 is 0. The number of carbonyl (C=O) groups is 1. The van der Waals surface area contributed by atoms with Crippen molar-refractivity contribution in [3.05, 3.63) is 131 Å². The van der Waals surface area contributed by atoms with Gasteiger partial charge in [-0.25, -0.2) is 4.98 Å². The van der Waals surface area contributed by atoms with Gasteiger partial charge in [0, 0.05) is 29.6 Å². The standard InChI is InChI=1S/C36H35N3O2/c1-2-32(25-13-5-3-6-14-25)39(29-23-27-17-9-10-18-28(27)24-29)21-22-41-35-33(36(37)40)30-19-11-12-20-31(30)38-34(35)26-15-7-4-8-16-26/h3-20,29,32H,2,21-24H2,1H3,(H2,37,40)/t32-/m0/s1. The summed E-state index contributed by atoms with van der Waals surface area (Å²) in [5.74, 6) is -0.0700. The van der Waals surface area contributed by atoms with Gasteiger partial charge < -0.3 is 10.5 Å². The molecule has 5 nitrogen and oxygen atoms in total. The van der Waals surface area contributed by atoms with Gasteiger partial charge in [-0.2, -0.15) is 0 Å². The Morgan fingerprint density at radius 2 is 1.49 bits per heavy atom. The molecule has 0 bridgehead atoms. The van der Waals surface area contributed by atoms with Crippen LogP contribution in [0.2, 0.25) is 0 Å². The first-order valence-corrected chi connectivity index (χ1v) is 14.4. The molecule has 1 heterocycles. The molecule has 1 aliphatic rings. The van der Waals surface area contributed by atoms with Gasteiger partial charge in [0.05, 0.1) is 11.1 Å². The van der Waals surface area contributed by atoms with E-state index in [0.29, 0.717) is 47.1 Å². The molecule has 6 rings (SSSR count). The Bertz CT molecular complexity index is 1630. The van der Waals surface area contributed by atoms with Crippen LogP contribution < -0.4 is 10.5 Å². The van der Waals surface area contributed by atoms with Crippen molar-refractivity contribution in [2.24, 2.45) is 5.73 Å². The molecule has 0 spiro atoms. The second-order valence-corrected chi connectivity index (χ2v) is 10.7. The third-order valence-electron chi connectivity index (χ3n) is 8.21. The van der Waals surface area contributed by atoms with Crippen LogP contribution in [0.5, 0.6) is 5.75 Å². The summed E-state index contributed by atoms with van der Waals surface area (Å²) in [6.45, 7) is 3.35. The Morgan fingerprint density at radius 1 is 0.878 bits per heavy atom. The second kappa shape index (κ2) is 11.9. The highest BCUT2D eigenvalue weighted by Crippen LogP contribution is 2.37. The van der Waals surface area contributed by atoms with Gasteiger partial charge in [0.2, 0.25) is 0 Å². The fourth-order valence-electron chi connectivity index (χ4n) is 6.32. The van der Waals surface area contributed by atoms with E-state index in [4.69, 9.17) is 15.5 Å². The minimum Gasteiger partial charge on any atom is -0.489 e. The minimum absolute atomic E-state index is 0.248. The first-order chi connectivity index (χ1) is 20.1. The number of fused-ring (bicyclic) bond motifs is 2. The van der Waals surface area contributed by atoms with Gasteiger partial charge in [-0.3, -0.25) is 9.69 Å². The Morgan fingerprint density at radius 3 is 2.15 bits per heavy atom. The SMILES string of the molecule is CC[C@@H](c1ccccc1)N(CCOc1c(-c2ccccc2)nc2ccccc2c1C(N)=O)C1Cc2ccccc2C1. The van der Waals surface area contributed by atoms with Crippen molar-refractivity contribution in [1.29, 1.82) is 0 Å². The molecule has 1 aliphatic carbocycles. The molecule has 5 aromatic rings. The summed E-state index contributed by atoms with van der Waals surface area (Å²) in [6, 6.07) is 37.6.